The van der Waals surface area contributed by atoms with Gasteiger partial charge in [-0.2, -0.15) is 13.5 Å². The van der Waals surface area contributed by atoms with Crippen LogP contribution in [0.1, 0.15) is 5.56 Å². The number of hydrogen-bond acceptors (Lipinski definition) is 4. The molecule has 0 amide bonds. The molecule has 0 heterocycles. The lowest BCUT2D eigenvalue weighted by atomic mass is 10.2. The number of ether oxygens (including phenoxy) is 1. The van der Waals surface area contributed by atoms with E-state index in [1.807, 2.05) is 0 Å². The second-order valence-corrected chi connectivity index (χ2v) is 6.13. The summed E-state index contributed by atoms with van der Waals surface area (Å²) >= 11 is 5.97. The second kappa shape index (κ2) is 6.60. The zero-order valence-corrected chi connectivity index (χ0v) is 12.7. The van der Waals surface area contributed by atoms with E-state index in [-0.39, 0.29) is 4.90 Å². The van der Waals surface area contributed by atoms with E-state index in [4.69, 9.17) is 16.3 Å². The minimum atomic E-state index is -3.66. The van der Waals surface area contributed by atoms with Gasteiger partial charge < -0.3 is 4.74 Å². The number of sulfonamides is 1. The van der Waals surface area contributed by atoms with E-state index >= 15 is 0 Å². The number of nitrogens with one attached hydrogen (secondary N) is 1. The first-order valence-electron chi connectivity index (χ1n) is 5.96. The van der Waals surface area contributed by atoms with E-state index in [2.05, 4.69) is 9.93 Å². The summed E-state index contributed by atoms with van der Waals surface area (Å²) in [6, 6.07) is 13.0. The molecule has 7 heteroatoms. The highest BCUT2D eigenvalue weighted by molar-refractivity contribution is 7.89. The second-order valence-electron chi connectivity index (χ2n) is 4.06. The number of hydrazone groups is 1. The molecule has 2 aromatic carbocycles. The number of methoxy groups -OCH3 is 1. The Morgan fingerprint density at radius 3 is 2.52 bits per heavy atom. The van der Waals surface area contributed by atoms with Gasteiger partial charge in [-0.15, -0.1) is 0 Å². The number of rotatable bonds is 5. The molecular weight excluding hydrogens is 312 g/mol. The van der Waals surface area contributed by atoms with Gasteiger partial charge in [0, 0.05) is 0 Å². The van der Waals surface area contributed by atoms with Crippen molar-refractivity contribution in [2.45, 2.75) is 4.90 Å². The lowest BCUT2D eigenvalue weighted by Gasteiger charge is -2.04. The molecule has 110 valence electrons. The fraction of sp³-hybridized carbons (Fsp3) is 0.0714. The molecule has 21 heavy (non-hydrogen) atoms. The predicted octanol–water partition coefficient (Wildman–Crippen LogP) is 2.66. The highest BCUT2D eigenvalue weighted by Gasteiger charge is 2.11. The van der Waals surface area contributed by atoms with Gasteiger partial charge in [0.05, 0.1) is 23.2 Å². The average Bonchev–Trinajstić information content (AvgIpc) is 2.48. The van der Waals surface area contributed by atoms with Crippen LogP contribution in [0, 0.1) is 0 Å². The lowest BCUT2D eigenvalue weighted by molar-refractivity contribution is 0.415. The molecule has 0 spiro atoms. The number of hydrogen-bond donors (Lipinski definition) is 1. The van der Waals surface area contributed by atoms with Crippen LogP contribution in [0.4, 0.5) is 0 Å². The first-order chi connectivity index (χ1) is 10.0. The van der Waals surface area contributed by atoms with Crippen LogP contribution in [0.25, 0.3) is 0 Å². The third-order valence-electron chi connectivity index (χ3n) is 2.62. The highest BCUT2D eigenvalue weighted by atomic mass is 35.5. The summed E-state index contributed by atoms with van der Waals surface area (Å²) in [5, 5.41) is 4.15. The van der Waals surface area contributed by atoms with Crippen LogP contribution < -0.4 is 9.57 Å². The van der Waals surface area contributed by atoms with Gasteiger partial charge in [0.2, 0.25) is 0 Å². The lowest BCUT2D eigenvalue weighted by Crippen LogP contribution is -2.18. The highest BCUT2D eigenvalue weighted by Crippen LogP contribution is 2.24. The number of halogens is 1. The zero-order chi connectivity index (χ0) is 15.3. The standard InChI is InChI=1S/C14H13ClN2O3S/c1-20-14-8-7-11(9-13(14)15)10-16-17-21(18,19)12-5-3-2-4-6-12/h2-10,17H,1H3/b16-10-. The third kappa shape index (κ3) is 3.96. The molecule has 2 rings (SSSR count). The number of nitrogens with zero attached hydrogens (tertiary/aromatic N) is 1. The van der Waals surface area contributed by atoms with Gasteiger partial charge in [0.25, 0.3) is 10.0 Å². The molecule has 1 N–H and O–H groups in total. The Kier molecular flexibility index (Phi) is 4.82. The average molecular weight is 325 g/mol. The molecule has 0 atom stereocenters. The van der Waals surface area contributed by atoms with Crippen molar-refractivity contribution in [1.82, 2.24) is 4.83 Å². The van der Waals surface area contributed by atoms with E-state index in [9.17, 15) is 8.42 Å². The van der Waals surface area contributed by atoms with Crippen molar-refractivity contribution in [2.24, 2.45) is 5.10 Å². The van der Waals surface area contributed by atoms with Crippen LogP contribution in [0.3, 0.4) is 0 Å². The Labute approximate surface area is 128 Å². The van der Waals surface area contributed by atoms with Crippen molar-refractivity contribution in [3.8, 4) is 5.75 Å². The Morgan fingerprint density at radius 1 is 1.19 bits per heavy atom. The Hall–Kier alpha value is -2.05. The molecule has 0 saturated heterocycles. The van der Waals surface area contributed by atoms with Crippen molar-refractivity contribution >= 4 is 27.8 Å². The predicted molar refractivity (Wildman–Crippen MR) is 82.4 cm³/mol. The van der Waals surface area contributed by atoms with Crippen molar-refractivity contribution < 1.29 is 13.2 Å². The fourth-order valence-corrected chi connectivity index (χ4v) is 2.66. The summed E-state index contributed by atoms with van der Waals surface area (Å²) < 4.78 is 28.9. The van der Waals surface area contributed by atoms with E-state index in [1.54, 1.807) is 36.4 Å². The van der Waals surface area contributed by atoms with Gasteiger partial charge >= 0.3 is 0 Å². The van der Waals surface area contributed by atoms with Crippen LogP contribution >= 0.6 is 11.6 Å². The molecule has 0 radical (unpaired) electrons. The summed E-state index contributed by atoms with van der Waals surface area (Å²) in [5.74, 6) is 0.540. The molecule has 0 saturated carbocycles. The van der Waals surface area contributed by atoms with Crippen molar-refractivity contribution in [1.29, 1.82) is 0 Å². The van der Waals surface area contributed by atoms with Crippen molar-refractivity contribution in [2.75, 3.05) is 7.11 Å². The Bertz CT molecular complexity index is 746. The summed E-state index contributed by atoms with van der Waals surface area (Å²) in [7, 11) is -2.14. The number of benzene rings is 2. The summed E-state index contributed by atoms with van der Waals surface area (Å²) in [5.41, 5.74) is 0.650. The van der Waals surface area contributed by atoms with Crippen LogP contribution in [0.15, 0.2) is 58.5 Å². The third-order valence-corrected chi connectivity index (χ3v) is 4.15. The van der Waals surface area contributed by atoms with Crippen LogP contribution in [0.2, 0.25) is 5.02 Å². The Balaban J connectivity index is 2.11. The van der Waals surface area contributed by atoms with Gasteiger partial charge in [0.15, 0.2) is 0 Å². The quantitative estimate of drug-likeness (QED) is 0.679. The fourth-order valence-electron chi connectivity index (χ4n) is 1.59. The van der Waals surface area contributed by atoms with Gasteiger partial charge in [0.1, 0.15) is 5.75 Å². The first-order valence-corrected chi connectivity index (χ1v) is 7.82. The molecule has 0 unspecified atom stereocenters. The molecule has 0 aliphatic heterocycles. The molecule has 0 aliphatic rings. The molecular formula is C14H13ClN2O3S. The summed E-state index contributed by atoms with van der Waals surface area (Å²) in [4.78, 5) is 2.29. The van der Waals surface area contributed by atoms with Crippen LogP contribution in [-0.4, -0.2) is 21.7 Å². The van der Waals surface area contributed by atoms with E-state index in [1.165, 1.54) is 25.5 Å². The van der Waals surface area contributed by atoms with Crippen LogP contribution in [-0.2, 0) is 10.0 Å². The minimum absolute atomic E-state index is 0.148. The summed E-state index contributed by atoms with van der Waals surface area (Å²) in [6.45, 7) is 0. The van der Waals surface area contributed by atoms with Crippen molar-refractivity contribution in [3.05, 3.63) is 59.1 Å². The Morgan fingerprint density at radius 2 is 1.90 bits per heavy atom. The molecule has 0 aromatic heterocycles. The molecule has 0 aliphatic carbocycles. The molecule has 0 bridgehead atoms. The molecule has 2 aromatic rings. The normalized spacial score (nSPS) is 11.5. The van der Waals surface area contributed by atoms with Gasteiger partial charge in [-0.25, -0.2) is 4.83 Å². The molecule has 5 nitrogen and oxygen atoms in total. The maximum Gasteiger partial charge on any atom is 0.276 e. The molecule has 0 fully saturated rings. The SMILES string of the molecule is COc1ccc(/C=N\NS(=O)(=O)c2ccccc2)cc1Cl. The van der Waals surface area contributed by atoms with E-state index in [0.29, 0.717) is 16.3 Å². The van der Waals surface area contributed by atoms with E-state index < -0.39 is 10.0 Å². The largest absolute Gasteiger partial charge is 0.495 e. The first kappa shape index (κ1) is 15.3. The maximum absolute atomic E-state index is 11.9. The zero-order valence-electron chi connectivity index (χ0n) is 11.2. The maximum atomic E-state index is 11.9. The topological polar surface area (TPSA) is 67.8 Å². The van der Waals surface area contributed by atoms with Crippen molar-refractivity contribution in [3.63, 3.8) is 0 Å². The monoisotopic (exact) mass is 324 g/mol. The summed E-state index contributed by atoms with van der Waals surface area (Å²) in [6.07, 6.45) is 1.37. The van der Waals surface area contributed by atoms with E-state index in [0.717, 1.165) is 0 Å². The van der Waals surface area contributed by atoms with Gasteiger partial charge in [-0.1, -0.05) is 29.8 Å². The minimum Gasteiger partial charge on any atom is -0.495 e. The van der Waals surface area contributed by atoms with Gasteiger partial charge in [-0.3, -0.25) is 0 Å². The van der Waals surface area contributed by atoms with Gasteiger partial charge in [-0.05, 0) is 35.9 Å². The smallest absolute Gasteiger partial charge is 0.276 e. The van der Waals surface area contributed by atoms with Crippen LogP contribution in [0.5, 0.6) is 5.75 Å².